The van der Waals surface area contributed by atoms with Crippen molar-refractivity contribution in [3.05, 3.63) is 65.5 Å². The summed E-state index contributed by atoms with van der Waals surface area (Å²) < 4.78 is 1.83. The molecule has 0 aliphatic carbocycles. The normalized spacial score (nSPS) is 13.1. The van der Waals surface area contributed by atoms with E-state index >= 15 is 0 Å². The number of imide groups is 1. The summed E-state index contributed by atoms with van der Waals surface area (Å²) in [5, 5.41) is 1.68. The molecule has 27 heavy (non-hydrogen) atoms. The van der Waals surface area contributed by atoms with Crippen LogP contribution in [0, 0.1) is 5.92 Å². The van der Waals surface area contributed by atoms with Crippen LogP contribution in [-0.2, 0) is 22.6 Å². The van der Waals surface area contributed by atoms with Crippen molar-refractivity contribution in [2.45, 2.75) is 25.9 Å². The highest BCUT2D eigenvalue weighted by Gasteiger charge is 2.33. The minimum absolute atomic E-state index is 0.316. The minimum Gasteiger partial charge on any atom is -0.337 e. The van der Waals surface area contributed by atoms with E-state index < -0.39 is 17.9 Å². The number of hydrogen-bond acceptors (Lipinski definition) is 6. The molecule has 2 amide bonds. The van der Waals surface area contributed by atoms with Crippen LogP contribution < -0.4 is 10.6 Å². The summed E-state index contributed by atoms with van der Waals surface area (Å²) in [5.41, 5.74) is 8.39. The smallest absolute Gasteiger partial charge is 0.251 e. The number of aromatic nitrogens is 3. The number of nitrogens with zero attached hydrogens (tertiary/aromatic N) is 4. The van der Waals surface area contributed by atoms with Crippen molar-refractivity contribution < 1.29 is 9.59 Å². The van der Waals surface area contributed by atoms with Gasteiger partial charge in [0.1, 0.15) is 0 Å². The van der Waals surface area contributed by atoms with Crippen molar-refractivity contribution in [1.82, 2.24) is 14.5 Å². The van der Waals surface area contributed by atoms with E-state index in [4.69, 9.17) is 5.73 Å². The number of carbonyl (C=O) groups is 2. The van der Waals surface area contributed by atoms with Crippen LogP contribution in [0.4, 0.5) is 5.82 Å². The Hall–Kier alpha value is -2.84. The van der Waals surface area contributed by atoms with Gasteiger partial charge < -0.3 is 10.3 Å². The summed E-state index contributed by atoms with van der Waals surface area (Å²) in [6, 6.07) is 8.92. The van der Waals surface area contributed by atoms with Crippen LogP contribution in [0.25, 0.3) is 0 Å². The molecule has 1 unspecified atom stereocenters. The van der Waals surface area contributed by atoms with Crippen LogP contribution in [0.5, 0.6) is 0 Å². The third-order valence-electron chi connectivity index (χ3n) is 4.14. The van der Waals surface area contributed by atoms with Gasteiger partial charge in [-0.3, -0.25) is 9.59 Å². The molecule has 0 radical (unpaired) electrons. The monoisotopic (exact) mass is 383 g/mol. The van der Waals surface area contributed by atoms with E-state index in [1.165, 1.54) is 11.3 Å². The number of anilines is 1. The first-order chi connectivity index (χ1) is 13.1. The lowest BCUT2D eigenvalue weighted by atomic mass is 9.97. The van der Waals surface area contributed by atoms with Crippen LogP contribution in [0.1, 0.15) is 12.5 Å². The highest BCUT2D eigenvalue weighted by atomic mass is 32.1. The number of carbonyl (C=O) groups excluding carboxylic acids is 2. The van der Waals surface area contributed by atoms with Crippen molar-refractivity contribution in [2.24, 2.45) is 11.7 Å². The summed E-state index contributed by atoms with van der Waals surface area (Å²) in [4.78, 5) is 35.4. The first-order valence-corrected chi connectivity index (χ1v) is 9.51. The molecule has 1 aromatic carbocycles. The van der Waals surface area contributed by atoms with E-state index in [1.807, 2.05) is 34.9 Å². The fraction of sp³-hybridized carbons (Fsp3) is 0.263. The standard InChI is InChI=1S/C19H21N5O2S/c1-14(20)18(25)24(17-11-27-13-22-17)19(26)16(10-23-8-7-21-12-23)9-15-5-3-2-4-6-15/h2-8,11-14,16H,9-10,20H2,1H3/t14-,16?/m1/s1. The van der Waals surface area contributed by atoms with Crippen molar-refractivity contribution >= 4 is 29.0 Å². The predicted molar refractivity (Wildman–Crippen MR) is 104 cm³/mol. The Morgan fingerprint density at radius 1 is 1.26 bits per heavy atom. The third kappa shape index (κ3) is 4.66. The molecule has 2 N–H and O–H groups in total. The summed E-state index contributed by atoms with van der Waals surface area (Å²) >= 11 is 1.32. The van der Waals surface area contributed by atoms with Crippen LogP contribution in [0.15, 0.2) is 59.9 Å². The molecule has 7 nitrogen and oxygen atoms in total. The maximum atomic E-state index is 13.4. The zero-order valence-corrected chi connectivity index (χ0v) is 15.7. The molecule has 140 valence electrons. The molecular formula is C19H21N5O2S. The minimum atomic E-state index is -0.804. The zero-order chi connectivity index (χ0) is 19.2. The van der Waals surface area contributed by atoms with Crippen LogP contribution >= 0.6 is 11.3 Å². The first-order valence-electron chi connectivity index (χ1n) is 8.57. The number of amides is 2. The molecule has 0 bridgehead atoms. The molecule has 3 rings (SSSR count). The lowest BCUT2D eigenvalue weighted by Crippen LogP contribution is -2.49. The fourth-order valence-corrected chi connectivity index (χ4v) is 3.33. The number of benzene rings is 1. The molecule has 0 spiro atoms. The highest BCUT2D eigenvalue weighted by Crippen LogP contribution is 2.21. The van der Waals surface area contributed by atoms with Gasteiger partial charge >= 0.3 is 0 Å². The molecule has 0 aliphatic heterocycles. The SMILES string of the molecule is C[C@@H](N)C(=O)N(C(=O)C(Cc1ccccc1)Cn1ccnc1)c1cscn1. The molecule has 2 heterocycles. The Morgan fingerprint density at radius 2 is 2.04 bits per heavy atom. The third-order valence-corrected chi connectivity index (χ3v) is 4.72. The lowest BCUT2D eigenvalue weighted by molar-refractivity contribution is -0.129. The van der Waals surface area contributed by atoms with Crippen LogP contribution in [-0.4, -0.2) is 32.4 Å². The Kier molecular flexibility index (Phi) is 6.10. The first kappa shape index (κ1) is 18.9. The Balaban J connectivity index is 1.92. The Bertz CT molecular complexity index is 863. The van der Waals surface area contributed by atoms with Gasteiger partial charge in [-0.2, -0.15) is 0 Å². The molecule has 2 atom stereocenters. The molecular weight excluding hydrogens is 362 g/mol. The van der Waals surface area contributed by atoms with Gasteiger partial charge in [-0.1, -0.05) is 30.3 Å². The second-order valence-electron chi connectivity index (χ2n) is 6.29. The number of thiazole rings is 1. The van der Waals surface area contributed by atoms with Gasteiger partial charge in [0.2, 0.25) is 5.91 Å². The van der Waals surface area contributed by atoms with Gasteiger partial charge in [-0.05, 0) is 18.9 Å². The second-order valence-corrected chi connectivity index (χ2v) is 7.01. The Morgan fingerprint density at radius 3 is 2.63 bits per heavy atom. The lowest BCUT2D eigenvalue weighted by Gasteiger charge is -2.26. The van der Waals surface area contributed by atoms with Gasteiger partial charge in [-0.15, -0.1) is 11.3 Å². The molecule has 0 saturated carbocycles. The van der Waals surface area contributed by atoms with E-state index in [0.717, 1.165) is 10.5 Å². The topological polar surface area (TPSA) is 94.1 Å². The summed E-state index contributed by atoms with van der Waals surface area (Å²) in [6.07, 6.45) is 5.61. The molecule has 3 aromatic rings. The average Bonchev–Trinajstić information content (AvgIpc) is 3.36. The number of nitrogens with two attached hydrogens (primary N) is 1. The number of imidazole rings is 1. The quantitative estimate of drug-likeness (QED) is 0.674. The van der Waals surface area contributed by atoms with Gasteiger partial charge in [0.15, 0.2) is 5.82 Å². The Labute approximate surface area is 161 Å². The number of hydrogen-bond donors (Lipinski definition) is 1. The van der Waals surface area contributed by atoms with Crippen molar-refractivity contribution in [3.63, 3.8) is 0 Å². The summed E-state index contributed by atoms with van der Waals surface area (Å²) in [5.74, 6) is -0.933. The van der Waals surface area contributed by atoms with E-state index in [0.29, 0.717) is 18.8 Å². The van der Waals surface area contributed by atoms with Crippen molar-refractivity contribution in [1.29, 1.82) is 0 Å². The highest BCUT2D eigenvalue weighted by molar-refractivity contribution is 7.08. The maximum absolute atomic E-state index is 13.4. The predicted octanol–water partition coefficient (Wildman–Crippen LogP) is 2.11. The van der Waals surface area contributed by atoms with E-state index in [-0.39, 0.29) is 5.91 Å². The van der Waals surface area contributed by atoms with Gasteiger partial charge in [0.05, 0.1) is 23.8 Å². The van der Waals surface area contributed by atoms with E-state index in [9.17, 15) is 9.59 Å². The van der Waals surface area contributed by atoms with E-state index in [2.05, 4.69) is 9.97 Å². The summed E-state index contributed by atoms with van der Waals surface area (Å²) in [6.45, 7) is 1.97. The number of rotatable bonds is 7. The van der Waals surface area contributed by atoms with Gasteiger partial charge in [0.25, 0.3) is 5.91 Å². The second kappa shape index (κ2) is 8.70. The molecule has 0 aliphatic rings. The van der Waals surface area contributed by atoms with Crippen LogP contribution in [0.3, 0.4) is 0 Å². The molecule has 8 heteroatoms. The zero-order valence-electron chi connectivity index (χ0n) is 14.9. The van der Waals surface area contributed by atoms with Crippen molar-refractivity contribution in [2.75, 3.05) is 4.90 Å². The van der Waals surface area contributed by atoms with Gasteiger partial charge in [-0.25, -0.2) is 14.9 Å². The molecule has 0 fully saturated rings. The molecule has 0 saturated heterocycles. The van der Waals surface area contributed by atoms with Gasteiger partial charge in [0, 0.05) is 24.3 Å². The molecule has 2 aromatic heterocycles. The maximum Gasteiger partial charge on any atom is 0.251 e. The fourth-order valence-electron chi connectivity index (χ4n) is 2.81. The average molecular weight is 383 g/mol. The van der Waals surface area contributed by atoms with Crippen molar-refractivity contribution in [3.8, 4) is 0 Å². The summed E-state index contributed by atoms with van der Waals surface area (Å²) in [7, 11) is 0. The largest absolute Gasteiger partial charge is 0.337 e. The van der Waals surface area contributed by atoms with Crippen LogP contribution in [0.2, 0.25) is 0 Å². The van der Waals surface area contributed by atoms with E-state index in [1.54, 1.807) is 36.5 Å².